The van der Waals surface area contributed by atoms with E-state index in [1.807, 2.05) is 12.1 Å². The van der Waals surface area contributed by atoms with Crippen molar-refractivity contribution in [3.8, 4) is 29.0 Å². The molecule has 0 bridgehead atoms. The van der Waals surface area contributed by atoms with Crippen molar-refractivity contribution in [2.45, 2.75) is 5.03 Å². The predicted molar refractivity (Wildman–Crippen MR) is 89.3 cm³/mol. The summed E-state index contributed by atoms with van der Waals surface area (Å²) >= 11 is 1.13. The van der Waals surface area contributed by atoms with Crippen LogP contribution in [0.5, 0.6) is 5.75 Å². The molecule has 0 unspecified atom stereocenters. The Labute approximate surface area is 147 Å². The summed E-state index contributed by atoms with van der Waals surface area (Å²) < 4.78 is 0. The lowest BCUT2D eigenvalue weighted by Crippen LogP contribution is -2.37. The molecule has 1 aromatic heterocycles. The van der Waals surface area contributed by atoms with Crippen LogP contribution in [0.25, 0.3) is 11.1 Å². The lowest BCUT2D eigenvalue weighted by Gasteiger charge is -2.13. The highest BCUT2D eigenvalue weighted by atomic mass is 32.2. The molecule has 126 valence electrons. The number of thioether (sulfide) groups is 1. The molecule has 0 aliphatic heterocycles. The largest absolute Gasteiger partial charge is 0.530 e. The van der Waals surface area contributed by atoms with Crippen LogP contribution in [0.3, 0.4) is 0 Å². The Hall–Kier alpha value is -3.43. The number of carbonyl (C=O) groups is 1. The zero-order valence-electron chi connectivity index (χ0n) is 12.8. The number of carbonyl (C=O) groups excluding carboxylic acids is 1. The lowest BCUT2D eigenvalue weighted by molar-refractivity contribution is -0.250. The molecule has 0 radical (unpaired) electrons. The number of phenols is 1. The quantitative estimate of drug-likeness (QED) is 0.525. The van der Waals surface area contributed by atoms with Gasteiger partial charge in [0, 0.05) is 17.9 Å². The van der Waals surface area contributed by atoms with Gasteiger partial charge in [-0.3, -0.25) is 0 Å². The minimum atomic E-state index is -1.39. The number of nitriles is 2. The van der Waals surface area contributed by atoms with Gasteiger partial charge in [-0.2, -0.15) is 10.5 Å². The number of carboxylic acid groups (broad SMARTS) is 1. The van der Waals surface area contributed by atoms with Crippen LogP contribution < -0.4 is 16.2 Å². The van der Waals surface area contributed by atoms with Crippen molar-refractivity contribution in [3.63, 3.8) is 0 Å². The number of nitrogens with zero attached hydrogens (tertiary/aromatic N) is 3. The van der Waals surface area contributed by atoms with Gasteiger partial charge in [-0.1, -0.05) is 12.1 Å². The number of phenolic OH excluding ortho intramolecular Hbond substituents is 1. The Morgan fingerprint density at radius 1 is 1.28 bits per heavy atom. The number of hydrogen-bond acceptors (Lipinski definition) is 8. The third-order valence-corrected chi connectivity index (χ3v) is 4.16. The Morgan fingerprint density at radius 3 is 2.48 bits per heavy atom. The number of amides is 1. The summed E-state index contributed by atoms with van der Waals surface area (Å²) in [6.45, 7) is 0.105. The SMILES string of the molecule is N#Cc1c(N)nc(SCCNC(=O)[O-])c(C#N)c1-c1ccc(O)cc1. The van der Waals surface area contributed by atoms with E-state index in [2.05, 4.69) is 10.3 Å². The average molecular weight is 354 g/mol. The summed E-state index contributed by atoms with van der Waals surface area (Å²) in [6, 6.07) is 9.99. The number of aromatic hydroxyl groups is 1. The van der Waals surface area contributed by atoms with Crippen molar-refractivity contribution in [2.75, 3.05) is 18.0 Å². The first-order chi connectivity index (χ1) is 12.0. The molecule has 4 N–H and O–H groups in total. The van der Waals surface area contributed by atoms with Crippen LogP contribution in [0.4, 0.5) is 10.6 Å². The topological polar surface area (TPSA) is 159 Å². The second-order valence-corrected chi connectivity index (χ2v) is 5.84. The number of benzene rings is 1. The van der Waals surface area contributed by atoms with Crippen LogP contribution >= 0.6 is 11.8 Å². The molecule has 2 rings (SSSR count). The van der Waals surface area contributed by atoms with Crippen LogP contribution in [-0.4, -0.2) is 28.5 Å². The zero-order chi connectivity index (χ0) is 18.4. The van der Waals surface area contributed by atoms with Crippen molar-refractivity contribution in [1.29, 1.82) is 10.5 Å². The van der Waals surface area contributed by atoms with Gasteiger partial charge in [0.05, 0.1) is 5.56 Å². The zero-order valence-corrected chi connectivity index (χ0v) is 13.6. The number of hydrogen-bond donors (Lipinski definition) is 3. The molecule has 0 saturated heterocycles. The minimum absolute atomic E-state index is 0.0278. The number of anilines is 1. The van der Waals surface area contributed by atoms with Crippen molar-refractivity contribution >= 4 is 23.7 Å². The fourth-order valence-corrected chi connectivity index (χ4v) is 2.97. The highest BCUT2D eigenvalue weighted by Crippen LogP contribution is 2.35. The molecule has 1 amide bonds. The van der Waals surface area contributed by atoms with Crippen molar-refractivity contribution in [3.05, 3.63) is 35.4 Å². The van der Waals surface area contributed by atoms with Crippen LogP contribution in [-0.2, 0) is 0 Å². The summed E-state index contributed by atoms with van der Waals surface area (Å²) in [4.78, 5) is 14.5. The van der Waals surface area contributed by atoms with Crippen LogP contribution in [0.15, 0.2) is 29.3 Å². The molecule has 1 aromatic carbocycles. The first-order valence-electron chi connectivity index (χ1n) is 6.98. The molecule has 0 aliphatic carbocycles. The Morgan fingerprint density at radius 2 is 1.92 bits per heavy atom. The molecule has 0 fully saturated rings. The van der Waals surface area contributed by atoms with E-state index in [-0.39, 0.29) is 29.2 Å². The van der Waals surface area contributed by atoms with Gasteiger partial charge in [0.1, 0.15) is 40.4 Å². The first-order valence-corrected chi connectivity index (χ1v) is 7.97. The van der Waals surface area contributed by atoms with Crippen molar-refractivity contribution in [2.24, 2.45) is 0 Å². The number of rotatable bonds is 5. The summed E-state index contributed by atoms with van der Waals surface area (Å²) in [6.07, 6.45) is -1.39. The smallest absolute Gasteiger partial charge is 0.143 e. The third-order valence-electron chi connectivity index (χ3n) is 3.18. The van der Waals surface area contributed by atoms with E-state index in [0.717, 1.165) is 11.8 Å². The molecular formula is C16H12N5O3S-. The van der Waals surface area contributed by atoms with E-state index in [9.17, 15) is 25.5 Å². The molecular weight excluding hydrogens is 342 g/mol. The summed E-state index contributed by atoms with van der Waals surface area (Å²) in [5.41, 5.74) is 6.94. The number of nitrogen functional groups attached to an aromatic ring is 1. The van der Waals surface area contributed by atoms with Gasteiger partial charge in [0.15, 0.2) is 0 Å². The van der Waals surface area contributed by atoms with Gasteiger partial charge in [-0.15, -0.1) is 11.8 Å². The Balaban J connectivity index is 2.49. The lowest BCUT2D eigenvalue weighted by atomic mass is 9.97. The van der Waals surface area contributed by atoms with E-state index in [1.54, 1.807) is 12.1 Å². The number of aromatic nitrogens is 1. The Kier molecular flexibility index (Phi) is 5.66. The standard InChI is InChI=1S/C16H13N5O3S/c17-7-11-13(9-1-3-10(22)4-2-9)12(8-18)15(21-14(11)19)25-6-5-20-16(23)24/h1-4,20,22H,5-6H2,(H2,19,21)(H,23,24)/p-1. The molecule has 0 atom stereocenters. The number of nitrogens with two attached hydrogens (primary N) is 1. The van der Waals surface area contributed by atoms with Gasteiger partial charge in [-0.05, 0) is 17.7 Å². The molecule has 1 heterocycles. The maximum absolute atomic E-state index is 10.4. The van der Waals surface area contributed by atoms with Crippen LogP contribution in [0, 0.1) is 22.7 Å². The Bertz CT molecular complexity index is 885. The second-order valence-electron chi connectivity index (χ2n) is 4.76. The third kappa shape index (κ3) is 4.10. The highest BCUT2D eigenvalue weighted by molar-refractivity contribution is 7.99. The molecule has 2 aromatic rings. The highest BCUT2D eigenvalue weighted by Gasteiger charge is 2.20. The van der Waals surface area contributed by atoms with Gasteiger partial charge >= 0.3 is 0 Å². The number of pyridine rings is 1. The van der Waals surface area contributed by atoms with E-state index in [1.165, 1.54) is 12.1 Å². The molecule has 9 heteroatoms. The summed E-state index contributed by atoms with van der Waals surface area (Å²) in [5.74, 6) is 0.321. The fraction of sp³-hybridized carbons (Fsp3) is 0.125. The van der Waals surface area contributed by atoms with E-state index >= 15 is 0 Å². The molecule has 0 saturated carbocycles. The normalized spacial score (nSPS) is 9.84. The molecule has 8 nitrogen and oxygen atoms in total. The van der Waals surface area contributed by atoms with Crippen molar-refractivity contribution < 1.29 is 15.0 Å². The molecule has 0 spiro atoms. The average Bonchev–Trinajstić information content (AvgIpc) is 2.58. The fourth-order valence-electron chi connectivity index (χ4n) is 2.12. The predicted octanol–water partition coefficient (Wildman–Crippen LogP) is 0.805. The van der Waals surface area contributed by atoms with Gasteiger partial charge in [0.2, 0.25) is 0 Å². The molecule has 25 heavy (non-hydrogen) atoms. The van der Waals surface area contributed by atoms with Gasteiger partial charge < -0.3 is 26.1 Å². The minimum Gasteiger partial charge on any atom is -0.530 e. The van der Waals surface area contributed by atoms with E-state index in [0.29, 0.717) is 21.9 Å². The summed E-state index contributed by atoms with van der Waals surface area (Å²) in [5, 5.41) is 41.1. The van der Waals surface area contributed by atoms with E-state index < -0.39 is 6.09 Å². The molecule has 0 aliphatic rings. The number of nitrogens with one attached hydrogen (secondary N) is 1. The monoisotopic (exact) mass is 354 g/mol. The summed E-state index contributed by atoms with van der Waals surface area (Å²) in [7, 11) is 0. The van der Waals surface area contributed by atoms with Crippen LogP contribution in [0.1, 0.15) is 11.1 Å². The van der Waals surface area contributed by atoms with E-state index in [4.69, 9.17) is 5.73 Å². The maximum atomic E-state index is 10.4. The first kappa shape index (κ1) is 17.9. The van der Waals surface area contributed by atoms with Gasteiger partial charge in [-0.25, -0.2) is 4.98 Å². The maximum Gasteiger partial charge on any atom is 0.143 e. The van der Waals surface area contributed by atoms with Crippen molar-refractivity contribution in [1.82, 2.24) is 10.3 Å². The van der Waals surface area contributed by atoms with Gasteiger partial charge in [0.25, 0.3) is 0 Å². The van der Waals surface area contributed by atoms with Crippen LogP contribution in [0.2, 0.25) is 0 Å². The second kappa shape index (κ2) is 7.90.